The molecule has 0 saturated carbocycles. The largest absolute Gasteiger partial charge is 0.449 e. The van der Waals surface area contributed by atoms with Gasteiger partial charge in [-0.1, -0.05) is 43.1 Å². The highest BCUT2D eigenvalue weighted by molar-refractivity contribution is 6.36. The van der Waals surface area contributed by atoms with Crippen molar-refractivity contribution < 1.29 is 19.1 Å². The van der Waals surface area contributed by atoms with Gasteiger partial charge in [0.25, 0.3) is 5.91 Å². The first-order chi connectivity index (χ1) is 17.3. The smallest absolute Gasteiger partial charge is 0.409 e. The number of ether oxygens (including phenoxy) is 1. The molecule has 36 heavy (non-hydrogen) atoms. The number of carbonyl (C=O) groups is 3. The van der Waals surface area contributed by atoms with E-state index in [1.807, 2.05) is 19.9 Å². The van der Waals surface area contributed by atoms with Gasteiger partial charge in [0, 0.05) is 48.3 Å². The highest BCUT2D eigenvalue weighted by atomic mass is 35.5. The first-order valence-electron chi connectivity index (χ1n) is 12.0. The molecule has 0 unspecified atom stereocenters. The molecule has 2 aromatic carbocycles. The number of unbranched alkanes of at least 4 members (excludes halogenated alkanes) is 1. The van der Waals surface area contributed by atoms with Crippen LogP contribution in [0.15, 0.2) is 42.5 Å². The Morgan fingerprint density at radius 1 is 1.00 bits per heavy atom. The fraction of sp³-hybridized carbons (Fsp3) is 0.333. The summed E-state index contributed by atoms with van der Waals surface area (Å²) in [6.07, 6.45) is 1.47. The van der Waals surface area contributed by atoms with Crippen LogP contribution in [-0.4, -0.2) is 65.5 Å². The van der Waals surface area contributed by atoms with Crippen molar-refractivity contribution in [2.24, 2.45) is 5.73 Å². The van der Waals surface area contributed by atoms with Crippen molar-refractivity contribution in [3.8, 4) is 11.3 Å². The van der Waals surface area contributed by atoms with Crippen LogP contribution in [0.1, 0.15) is 46.0 Å². The van der Waals surface area contributed by atoms with Gasteiger partial charge in [-0.15, -0.1) is 0 Å². The third-order valence-electron chi connectivity index (χ3n) is 6.39. The lowest BCUT2D eigenvalue weighted by atomic mass is 10.0. The van der Waals surface area contributed by atoms with Crippen LogP contribution in [0.3, 0.4) is 0 Å². The third-order valence-corrected chi connectivity index (χ3v) is 6.88. The van der Waals surface area contributed by atoms with Gasteiger partial charge in [0.1, 0.15) is 0 Å². The molecular formula is C27H29ClN4O4. The minimum absolute atomic E-state index is 0.123. The van der Waals surface area contributed by atoms with Gasteiger partial charge in [-0.3, -0.25) is 9.59 Å². The summed E-state index contributed by atoms with van der Waals surface area (Å²) < 4.78 is 5.28. The van der Waals surface area contributed by atoms with E-state index in [9.17, 15) is 14.4 Å². The van der Waals surface area contributed by atoms with E-state index in [2.05, 4.69) is 0 Å². The molecule has 0 aliphatic carbocycles. The molecule has 1 fully saturated rings. The van der Waals surface area contributed by atoms with Crippen molar-refractivity contribution >= 4 is 40.4 Å². The van der Waals surface area contributed by atoms with Crippen LogP contribution in [0.25, 0.3) is 22.2 Å². The van der Waals surface area contributed by atoms with Gasteiger partial charge in [0.05, 0.1) is 22.8 Å². The number of aromatic nitrogens is 1. The van der Waals surface area contributed by atoms with Gasteiger partial charge in [-0.25, -0.2) is 9.78 Å². The van der Waals surface area contributed by atoms with Crippen LogP contribution in [0.4, 0.5) is 4.79 Å². The van der Waals surface area contributed by atoms with E-state index in [0.717, 1.165) is 29.4 Å². The Labute approximate surface area is 215 Å². The van der Waals surface area contributed by atoms with Crippen molar-refractivity contribution in [1.29, 1.82) is 0 Å². The second-order valence-corrected chi connectivity index (χ2v) is 9.20. The average molecular weight is 509 g/mol. The molecule has 3 amide bonds. The number of nitrogens with zero attached hydrogens (tertiary/aromatic N) is 3. The summed E-state index contributed by atoms with van der Waals surface area (Å²) in [5.74, 6) is -0.623. The fourth-order valence-corrected chi connectivity index (χ4v) is 4.45. The van der Waals surface area contributed by atoms with E-state index in [1.54, 1.807) is 46.2 Å². The van der Waals surface area contributed by atoms with Gasteiger partial charge < -0.3 is 20.3 Å². The summed E-state index contributed by atoms with van der Waals surface area (Å²) in [5.41, 5.74) is 9.12. The number of amides is 3. The molecule has 9 heteroatoms. The minimum atomic E-state index is -0.500. The van der Waals surface area contributed by atoms with Crippen molar-refractivity contribution in [2.45, 2.75) is 26.7 Å². The Hall–Kier alpha value is -3.65. The Morgan fingerprint density at radius 2 is 1.64 bits per heavy atom. The number of primary amides is 1. The molecule has 1 aliphatic rings. The van der Waals surface area contributed by atoms with E-state index in [0.29, 0.717) is 60.1 Å². The molecule has 2 N–H and O–H groups in total. The molecule has 1 aliphatic heterocycles. The zero-order chi connectivity index (χ0) is 25.8. The van der Waals surface area contributed by atoms with Crippen LogP contribution >= 0.6 is 11.6 Å². The third kappa shape index (κ3) is 5.28. The highest BCUT2D eigenvalue weighted by Crippen LogP contribution is 2.33. The lowest BCUT2D eigenvalue weighted by Crippen LogP contribution is -2.50. The number of rotatable bonds is 6. The topological polar surface area (TPSA) is 106 Å². The molecule has 1 saturated heterocycles. The normalized spacial score (nSPS) is 13.6. The second-order valence-electron chi connectivity index (χ2n) is 8.82. The number of nitrogens with two attached hydrogens (primary N) is 1. The van der Waals surface area contributed by atoms with Gasteiger partial charge >= 0.3 is 6.09 Å². The minimum Gasteiger partial charge on any atom is -0.449 e. The quantitative estimate of drug-likeness (QED) is 0.487. The maximum atomic E-state index is 13.2. The standard InChI is InChI=1S/C27H29ClN4O4/c1-3-4-15-36-27(35)32-13-11-31(12-14-32)26(34)20-9-10-21-22(16-20)30-24(17(2)23(21)28)18-5-7-19(8-6-18)25(29)33/h5-10,16H,3-4,11-15H2,1-2H3,(H2,29,33). The molecule has 2 heterocycles. The number of carbonyl (C=O) groups excluding carboxylic acids is 3. The summed E-state index contributed by atoms with van der Waals surface area (Å²) in [6.45, 7) is 6.06. The van der Waals surface area contributed by atoms with Gasteiger partial charge in [-0.2, -0.15) is 0 Å². The molecule has 0 bridgehead atoms. The molecule has 0 radical (unpaired) electrons. The summed E-state index contributed by atoms with van der Waals surface area (Å²) in [4.78, 5) is 45.0. The second kappa shape index (κ2) is 11.0. The maximum absolute atomic E-state index is 13.2. The van der Waals surface area contributed by atoms with Crippen molar-refractivity contribution in [1.82, 2.24) is 14.8 Å². The summed E-state index contributed by atoms with van der Waals surface area (Å²) in [6, 6.07) is 12.2. The molecule has 0 atom stereocenters. The Bertz CT molecular complexity index is 1300. The fourth-order valence-electron chi connectivity index (χ4n) is 4.20. The number of benzene rings is 2. The van der Waals surface area contributed by atoms with Gasteiger partial charge in [0.2, 0.25) is 5.91 Å². The molecule has 188 valence electrons. The van der Waals surface area contributed by atoms with Gasteiger partial charge in [0.15, 0.2) is 0 Å². The number of hydrogen-bond donors (Lipinski definition) is 1. The Balaban J connectivity index is 1.53. The van der Waals surface area contributed by atoms with E-state index in [1.165, 1.54) is 0 Å². The summed E-state index contributed by atoms with van der Waals surface area (Å²) in [7, 11) is 0. The van der Waals surface area contributed by atoms with Crippen LogP contribution in [0.5, 0.6) is 0 Å². The zero-order valence-electron chi connectivity index (χ0n) is 20.4. The predicted octanol–water partition coefficient (Wildman–Crippen LogP) is 4.66. The summed E-state index contributed by atoms with van der Waals surface area (Å²) >= 11 is 6.68. The number of hydrogen-bond acceptors (Lipinski definition) is 5. The highest BCUT2D eigenvalue weighted by Gasteiger charge is 2.26. The van der Waals surface area contributed by atoms with Crippen molar-refractivity contribution in [2.75, 3.05) is 32.8 Å². The first-order valence-corrected chi connectivity index (χ1v) is 12.4. The van der Waals surface area contributed by atoms with Crippen LogP contribution in [0.2, 0.25) is 5.02 Å². The van der Waals surface area contributed by atoms with E-state index < -0.39 is 5.91 Å². The molecule has 0 spiro atoms. The van der Waals surface area contributed by atoms with Crippen molar-refractivity contribution in [3.63, 3.8) is 0 Å². The number of halogens is 1. The number of pyridine rings is 1. The molecule has 3 aromatic rings. The van der Waals surface area contributed by atoms with Crippen molar-refractivity contribution in [3.05, 3.63) is 64.2 Å². The first kappa shape index (κ1) is 25.4. The van der Waals surface area contributed by atoms with E-state index >= 15 is 0 Å². The Kier molecular flexibility index (Phi) is 7.74. The van der Waals surface area contributed by atoms with E-state index in [4.69, 9.17) is 27.1 Å². The molecule has 1 aromatic heterocycles. The maximum Gasteiger partial charge on any atom is 0.409 e. The SMILES string of the molecule is CCCCOC(=O)N1CCN(C(=O)c2ccc3c(Cl)c(C)c(-c4ccc(C(N)=O)cc4)nc3c2)CC1. The molecule has 8 nitrogen and oxygen atoms in total. The Morgan fingerprint density at radius 3 is 2.28 bits per heavy atom. The number of piperazine rings is 1. The number of fused-ring (bicyclic) bond motifs is 1. The van der Waals surface area contributed by atoms with E-state index in [-0.39, 0.29) is 12.0 Å². The average Bonchev–Trinajstić information content (AvgIpc) is 2.90. The predicted molar refractivity (Wildman–Crippen MR) is 139 cm³/mol. The van der Waals surface area contributed by atoms with Crippen LogP contribution < -0.4 is 5.73 Å². The lowest BCUT2D eigenvalue weighted by Gasteiger charge is -2.34. The zero-order valence-corrected chi connectivity index (χ0v) is 21.2. The van der Waals surface area contributed by atoms with Crippen LogP contribution in [-0.2, 0) is 4.74 Å². The van der Waals surface area contributed by atoms with Gasteiger partial charge in [-0.05, 0) is 43.2 Å². The monoisotopic (exact) mass is 508 g/mol. The lowest BCUT2D eigenvalue weighted by molar-refractivity contribution is 0.0558. The van der Waals surface area contributed by atoms with Crippen LogP contribution in [0, 0.1) is 6.92 Å². The molecule has 4 rings (SSSR count). The summed E-state index contributed by atoms with van der Waals surface area (Å²) in [5, 5.41) is 1.31. The molecular weight excluding hydrogens is 480 g/mol.